The Morgan fingerprint density at radius 2 is 2.03 bits per heavy atom. The van der Waals surface area contributed by atoms with Crippen LogP contribution in [0.5, 0.6) is 5.75 Å². The average Bonchev–Trinajstić information content (AvgIpc) is 2.76. The number of nitrogens with one attached hydrogen (secondary N) is 1. The molecule has 1 aromatic carbocycles. The second kappa shape index (κ2) is 9.90. The summed E-state index contributed by atoms with van der Waals surface area (Å²) < 4.78 is 28.2. The normalized spacial score (nSPS) is 14.2. The highest BCUT2D eigenvalue weighted by Gasteiger charge is 2.33. The quantitative estimate of drug-likeness (QED) is 0.569. The molecule has 4 N–H and O–H groups in total. The Morgan fingerprint density at radius 3 is 2.69 bits per heavy atom. The van der Waals surface area contributed by atoms with E-state index in [1.54, 1.807) is 4.90 Å². The maximum atomic E-state index is 13.8. The molecule has 0 aliphatic carbocycles. The zero-order chi connectivity index (χ0) is 23.4. The van der Waals surface area contributed by atoms with Gasteiger partial charge in [0.25, 0.3) is 11.8 Å². The van der Waals surface area contributed by atoms with E-state index < -0.39 is 34.6 Å². The molecule has 10 heteroatoms. The van der Waals surface area contributed by atoms with Crippen molar-refractivity contribution in [2.24, 2.45) is 5.73 Å². The maximum Gasteiger partial charge on any atom is 0.274 e. The van der Waals surface area contributed by atoms with Crippen molar-refractivity contribution in [2.45, 2.75) is 45.3 Å². The molecule has 0 saturated carbocycles. The van der Waals surface area contributed by atoms with Crippen LogP contribution in [0, 0.1) is 11.6 Å². The number of hydrogen-bond donors (Lipinski definition) is 3. The van der Waals surface area contributed by atoms with Gasteiger partial charge in [-0.2, -0.15) is 0 Å². The van der Waals surface area contributed by atoms with Crippen LogP contribution >= 0.6 is 0 Å². The molecule has 1 aliphatic heterocycles. The van der Waals surface area contributed by atoms with Gasteiger partial charge in [0.1, 0.15) is 17.2 Å². The standard InChI is InChI=1S/C22H26F2N4O4/c1-2-3-4-15(10-25)28-8-7-27-12-16(19(29)20(30)18(27)22(28)32)21(31)26-11-13-5-6-14(23)9-17(13)24/h5-6,9,12,15,30H,2-4,7-8,10-11,25H2,1H3,(H,26,31). The molecule has 0 radical (unpaired) electrons. The third-order valence-corrected chi connectivity index (χ3v) is 5.60. The van der Waals surface area contributed by atoms with Crippen molar-refractivity contribution < 1.29 is 23.5 Å². The van der Waals surface area contributed by atoms with Crippen molar-refractivity contribution in [3.05, 3.63) is 63.1 Å². The van der Waals surface area contributed by atoms with E-state index in [1.165, 1.54) is 16.8 Å². The molecule has 0 bridgehead atoms. The Balaban J connectivity index is 1.83. The topological polar surface area (TPSA) is 118 Å². The fraction of sp³-hybridized carbons (Fsp3) is 0.409. The molecule has 1 aromatic heterocycles. The van der Waals surface area contributed by atoms with Gasteiger partial charge in [0.2, 0.25) is 5.43 Å². The van der Waals surface area contributed by atoms with E-state index in [1.807, 2.05) is 6.92 Å². The van der Waals surface area contributed by atoms with Crippen LogP contribution in [0.4, 0.5) is 8.78 Å². The molecule has 2 amide bonds. The first-order valence-electron chi connectivity index (χ1n) is 10.5. The Kier molecular flexibility index (Phi) is 7.24. The lowest BCUT2D eigenvalue weighted by Gasteiger charge is -2.36. The smallest absolute Gasteiger partial charge is 0.274 e. The summed E-state index contributed by atoms with van der Waals surface area (Å²) in [6.07, 6.45) is 3.76. The summed E-state index contributed by atoms with van der Waals surface area (Å²) in [7, 11) is 0. The third kappa shape index (κ3) is 4.64. The first-order chi connectivity index (χ1) is 15.3. The number of nitrogens with two attached hydrogens (primary N) is 1. The van der Waals surface area contributed by atoms with Crippen molar-refractivity contribution >= 4 is 11.8 Å². The number of carbonyl (C=O) groups is 2. The number of halogens is 2. The SMILES string of the molecule is CCCCC(CN)N1CCn2cc(C(=O)NCc3ccc(F)cc3F)c(=O)c(O)c2C1=O. The van der Waals surface area contributed by atoms with Crippen molar-refractivity contribution in [3.8, 4) is 5.75 Å². The van der Waals surface area contributed by atoms with Crippen molar-refractivity contribution in [1.29, 1.82) is 0 Å². The maximum absolute atomic E-state index is 13.8. The minimum atomic E-state index is -0.999. The van der Waals surface area contributed by atoms with Crippen LogP contribution < -0.4 is 16.5 Å². The van der Waals surface area contributed by atoms with E-state index in [2.05, 4.69) is 5.32 Å². The zero-order valence-corrected chi connectivity index (χ0v) is 17.7. The number of aromatic hydroxyl groups is 1. The van der Waals surface area contributed by atoms with Crippen LogP contribution in [0.3, 0.4) is 0 Å². The molecule has 0 spiro atoms. The Labute approximate surface area is 183 Å². The number of rotatable bonds is 8. The monoisotopic (exact) mass is 448 g/mol. The van der Waals surface area contributed by atoms with E-state index in [-0.39, 0.29) is 42.5 Å². The van der Waals surface area contributed by atoms with Crippen LogP contribution in [0.2, 0.25) is 0 Å². The van der Waals surface area contributed by atoms with Gasteiger partial charge in [-0.05, 0) is 12.5 Å². The van der Waals surface area contributed by atoms with Gasteiger partial charge in [0.05, 0.1) is 0 Å². The van der Waals surface area contributed by atoms with Gasteiger partial charge < -0.3 is 25.6 Å². The van der Waals surface area contributed by atoms with Gasteiger partial charge in [0.15, 0.2) is 11.4 Å². The van der Waals surface area contributed by atoms with Gasteiger partial charge in [-0.15, -0.1) is 0 Å². The molecule has 2 heterocycles. The lowest BCUT2D eigenvalue weighted by atomic mass is 10.1. The Hall–Kier alpha value is -3.27. The van der Waals surface area contributed by atoms with E-state index in [0.29, 0.717) is 19.0 Å². The molecule has 172 valence electrons. The molecule has 0 saturated heterocycles. The number of carbonyl (C=O) groups excluding carboxylic acids is 2. The predicted octanol–water partition coefficient (Wildman–Crippen LogP) is 1.74. The minimum absolute atomic E-state index is 0.0350. The highest BCUT2D eigenvalue weighted by molar-refractivity contribution is 5.99. The zero-order valence-electron chi connectivity index (χ0n) is 17.7. The largest absolute Gasteiger partial charge is 0.503 e. The lowest BCUT2D eigenvalue weighted by molar-refractivity contribution is 0.0603. The highest BCUT2D eigenvalue weighted by Crippen LogP contribution is 2.23. The highest BCUT2D eigenvalue weighted by atomic mass is 19.1. The first kappa shape index (κ1) is 23.4. The predicted molar refractivity (Wildman–Crippen MR) is 113 cm³/mol. The molecular weight excluding hydrogens is 422 g/mol. The average molecular weight is 448 g/mol. The van der Waals surface area contributed by atoms with Crippen molar-refractivity contribution in [2.75, 3.05) is 13.1 Å². The minimum Gasteiger partial charge on any atom is -0.503 e. The number of unbranched alkanes of at least 4 members (excludes halogenated alkanes) is 1. The van der Waals surface area contributed by atoms with E-state index >= 15 is 0 Å². The summed E-state index contributed by atoms with van der Waals surface area (Å²) in [5.41, 5.74) is 4.31. The number of benzene rings is 1. The number of aromatic nitrogens is 1. The lowest BCUT2D eigenvalue weighted by Crippen LogP contribution is -2.50. The van der Waals surface area contributed by atoms with Crippen molar-refractivity contribution in [1.82, 2.24) is 14.8 Å². The molecular formula is C22H26F2N4O4. The summed E-state index contributed by atoms with van der Waals surface area (Å²) in [6, 6.07) is 2.71. The number of pyridine rings is 1. The van der Waals surface area contributed by atoms with E-state index in [4.69, 9.17) is 5.73 Å². The van der Waals surface area contributed by atoms with Crippen LogP contribution in [-0.2, 0) is 13.1 Å². The Morgan fingerprint density at radius 1 is 1.28 bits per heavy atom. The third-order valence-electron chi connectivity index (χ3n) is 5.60. The van der Waals surface area contributed by atoms with Gasteiger partial charge in [0, 0.05) is 50.0 Å². The first-order valence-corrected chi connectivity index (χ1v) is 10.5. The van der Waals surface area contributed by atoms with Crippen LogP contribution in [-0.4, -0.2) is 45.5 Å². The molecule has 8 nitrogen and oxygen atoms in total. The van der Waals surface area contributed by atoms with Crippen molar-refractivity contribution in [3.63, 3.8) is 0 Å². The van der Waals surface area contributed by atoms with Crippen LogP contribution in [0.1, 0.15) is 52.6 Å². The van der Waals surface area contributed by atoms with Gasteiger partial charge >= 0.3 is 0 Å². The number of nitrogens with zero attached hydrogens (tertiary/aromatic N) is 2. The molecule has 1 aliphatic rings. The second-order valence-electron chi connectivity index (χ2n) is 7.71. The summed E-state index contributed by atoms with van der Waals surface area (Å²) in [4.78, 5) is 39.7. The summed E-state index contributed by atoms with van der Waals surface area (Å²) in [5, 5.41) is 12.8. The molecule has 3 rings (SSSR count). The molecule has 1 atom stereocenters. The second-order valence-corrected chi connectivity index (χ2v) is 7.71. The van der Waals surface area contributed by atoms with Gasteiger partial charge in [-0.3, -0.25) is 14.4 Å². The molecule has 2 aromatic rings. The Bertz CT molecular complexity index is 1090. The van der Waals surface area contributed by atoms with Crippen LogP contribution in [0.25, 0.3) is 0 Å². The fourth-order valence-corrected chi connectivity index (χ4v) is 3.79. The summed E-state index contributed by atoms with van der Waals surface area (Å²) in [6.45, 7) is 2.60. The van der Waals surface area contributed by atoms with Crippen LogP contribution in [0.15, 0.2) is 29.2 Å². The number of amides is 2. The summed E-state index contributed by atoms with van der Waals surface area (Å²) >= 11 is 0. The van der Waals surface area contributed by atoms with E-state index in [9.17, 15) is 28.3 Å². The molecule has 0 fully saturated rings. The number of fused-ring (bicyclic) bond motifs is 1. The molecule has 32 heavy (non-hydrogen) atoms. The summed E-state index contributed by atoms with van der Waals surface area (Å²) in [5.74, 6) is -3.76. The molecule has 1 unspecified atom stereocenters. The number of hydrogen-bond acceptors (Lipinski definition) is 5. The van der Waals surface area contributed by atoms with Gasteiger partial charge in [-0.1, -0.05) is 25.8 Å². The van der Waals surface area contributed by atoms with Gasteiger partial charge in [-0.25, -0.2) is 8.78 Å². The van der Waals surface area contributed by atoms with E-state index in [0.717, 1.165) is 18.9 Å². The fourth-order valence-electron chi connectivity index (χ4n) is 3.79.